The number of hydrogen-bond donors (Lipinski definition) is 0. The Hall–Kier alpha value is -1.75. The summed E-state index contributed by atoms with van der Waals surface area (Å²) in [5.74, 6) is 0.0541. The minimum atomic E-state index is 0.0541. The summed E-state index contributed by atoms with van der Waals surface area (Å²) >= 11 is 6.00. The number of halogens is 1. The monoisotopic (exact) mass is 320 g/mol. The molecule has 0 aliphatic carbocycles. The van der Waals surface area contributed by atoms with Crippen molar-refractivity contribution >= 4 is 17.5 Å². The highest BCUT2D eigenvalue weighted by molar-refractivity contribution is 6.31. The first-order valence-corrected chi connectivity index (χ1v) is 7.97. The number of aryl methyl sites for hydroxylation is 3. The van der Waals surface area contributed by atoms with Crippen molar-refractivity contribution in [3.8, 4) is 0 Å². The topological polar surface area (TPSA) is 43.1 Å². The Balaban J connectivity index is 1.79. The van der Waals surface area contributed by atoms with Crippen LogP contribution in [0, 0.1) is 13.8 Å². The second kappa shape index (κ2) is 5.80. The van der Waals surface area contributed by atoms with Gasteiger partial charge in [-0.2, -0.15) is 5.10 Å². The molecule has 1 aliphatic rings. The maximum atomic E-state index is 12.8. The van der Waals surface area contributed by atoms with Crippen LogP contribution in [-0.2, 0) is 13.6 Å². The Labute approximate surface area is 135 Å². The molecule has 0 saturated carbocycles. The lowest BCUT2D eigenvalue weighted by molar-refractivity contribution is 0.0711. The van der Waals surface area contributed by atoms with Gasteiger partial charge in [0.15, 0.2) is 0 Å². The van der Waals surface area contributed by atoms with Crippen molar-refractivity contribution in [2.75, 3.05) is 6.54 Å². The molecular weight excluding hydrogens is 300 g/mol. The van der Waals surface area contributed by atoms with Gasteiger partial charge in [-0.05, 0) is 38.8 Å². The molecule has 0 unspecified atom stereocenters. The maximum absolute atomic E-state index is 12.8. The zero-order valence-electron chi connectivity index (χ0n) is 13.2. The van der Waals surface area contributed by atoms with Crippen LogP contribution in [-0.4, -0.2) is 37.7 Å². The predicted octanol–water partition coefficient (Wildman–Crippen LogP) is 2.80. The van der Waals surface area contributed by atoms with E-state index in [-0.39, 0.29) is 11.9 Å². The quantitative estimate of drug-likeness (QED) is 0.872. The minimum absolute atomic E-state index is 0.0541. The van der Waals surface area contributed by atoms with E-state index < -0.39 is 0 Å². The number of rotatable bonds is 3. The van der Waals surface area contributed by atoms with Crippen LogP contribution in [0.25, 0.3) is 0 Å². The van der Waals surface area contributed by atoms with Crippen molar-refractivity contribution in [2.24, 2.45) is 7.05 Å². The summed E-state index contributed by atoms with van der Waals surface area (Å²) in [4.78, 5) is 14.7. The molecule has 6 heteroatoms. The van der Waals surface area contributed by atoms with E-state index in [1.165, 1.54) is 0 Å². The third kappa shape index (κ3) is 2.77. The fourth-order valence-corrected chi connectivity index (χ4v) is 3.49. The fraction of sp³-hybridized carbons (Fsp3) is 0.500. The molecule has 3 rings (SSSR count). The second-order valence-corrected chi connectivity index (χ2v) is 6.49. The molecule has 118 valence electrons. The highest BCUT2D eigenvalue weighted by Gasteiger charge is 2.31. The number of carbonyl (C=O) groups is 1. The van der Waals surface area contributed by atoms with Gasteiger partial charge in [0.1, 0.15) is 5.69 Å². The highest BCUT2D eigenvalue weighted by atomic mass is 35.5. The molecule has 22 heavy (non-hydrogen) atoms. The summed E-state index contributed by atoms with van der Waals surface area (Å²) in [7, 11) is 1.85. The van der Waals surface area contributed by atoms with Gasteiger partial charge in [-0.15, -0.1) is 0 Å². The largest absolute Gasteiger partial charge is 0.345 e. The van der Waals surface area contributed by atoms with E-state index in [1.807, 2.05) is 23.6 Å². The van der Waals surface area contributed by atoms with Crippen LogP contribution in [0.3, 0.4) is 0 Å². The highest BCUT2D eigenvalue weighted by Crippen LogP contribution is 2.23. The number of aromatic nitrogens is 3. The van der Waals surface area contributed by atoms with E-state index in [0.29, 0.717) is 10.7 Å². The Morgan fingerprint density at radius 1 is 1.41 bits per heavy atom. The van der Waals surface area contributed by atoms with E-state index in [0.717, 1.165) is 37.3 Å². The third-order valence-electron chi connectivity index (χ3n) is 4.32. The average molecular weight is 321 g/mol. The molecule has 1 amide bonds. The summed E-state index contributed by atoms with van der Waals surface area (Å²) in [6.45, 7) is 5.60. The smallest absolute Gasteiger partial charge is 0.270 e. The second-order valence-electron chi connectivity index (χ2n) is 6.06. The number of nitrogens with zero attached hydrogens (tertiary/aromatic N) is 4. The summed E-state index contributed by atoms with van der Waals surface area (Å²) in [5, 5.41) is 5.11. The van der Waals surface area contributed by atoms with Crippen molar-refractivity contribution in [3.05, 3.63) is 40.4 Å². The van der Waals surface area contributed by atoms with Crippen LogP contribution in [0.1, 0.15) is 34.7 Å². The molecule has 1 saturated heterocycles. The van der Waals surface area contributed by atoms with Gasteiger partial charge in [-0.3, -0.25) is 9.48 Å². The SMILES string of the molecule is Cc1cc(C)n(C[C@@H]2CCCN2C(=O)c2cc(Cl)cn2C)n1. The van der Waals surface area contributed by atoms with Gasteiger partial charge >= 0.3 is 0 Å². The Kier molecular flexibility index (Phi) is 4.00. The fourth-order valence-electron chi connectivity index (χ4n) is 3.24. The Morgan fingerprint density at radius 2 is 2.18 bits per heavy atom. The zero-order chi connectivity index (χ0) is 15.9. The maximum Gasteiger partial charge on any atom is 0.270 e. The van der Waals surface area contributed by atoms with Crippen LogP contribution < -0.4 is 0 Å². The first kappa shape index (κ1) is 15.2. The number of likely N-dealkylation sites (tertiary alicyclic amines) is 1. The summed E-state index contributed by atoms with van der Waals surface area (Å²) < 4.78 is 3.80. The average Bonchev–Trinajstić information content (AvgIpc) is 3.11. The van der Waals surface area contributed by atoms with E-state index >= 15 is 0 Å². The lowest BCUT2D eigenvalue weighted by Gasteiger charge is -2.25. The van der Waals surface area contributed by atoms with Gasteiger partial charge < -0.3 is 9.47 Å². The van der Waals surface area contributed by atoms with E-state index in [4.69, 9.17) is 11.6 Å². The molecule has 0 bridgehead atoms. The third-order valence-corrected chi connectivity index (χ3v) is 4.52. The van der Waals surface area contributed by atoms with Gasteiger partial charge in [0, 0.05) is 25.5 Å². The van der Waals surface area contributed by atoms with Crippen molar-refractivity contribution in [2.45, 2.75) is 39.3 Å². The number of hydrogen-bond acceptors (Lipinski definition) is 2. The minimum Gasteiger partial charge on any atom is -0.345 e. The predicted molar refractivity (Wildman–Crippen MR) is 86.2 cm³/mol. The van der Waals surface area contributed by atoms with Gasteiger partial charge in [0.05, 0.1) is 23.3 Å². The van der Waals surface area contributed by atoms with E-state index in [2.05, 4.69) is 18.1 Å². The first-order valence-electron chi connectivity index (χ1n) is 7.59. The summed E-state index contributed by atoms with van der Waals surface area (Å²) in [6.07, 6.45) is 3.82. The lowest BCUT2D eigenvalue weighted by Crippen LogP contribution is -2.39. The molecule has 5 nitrogen and oxygen atoms in total. The summed E-state index contributed by atoms with van der Waals surface area (Å²) in [5.41, 5.74) is 2.80. The molecule has 0 radical (unpaired) electrons. The first-order chi connectivity index (χ1) is 10.5. The molecule has 1 atom stereocenters. The van der Waals surface area contributed by atoms with Crippen molar-refractivity contribution in [3.63, 3.8) is 0 Å². The molecule has 3 heterocycles. The number of amides is 1. The molecule has 0 aromatic carbocycles. The summed E-state index contributed by atoms with van der Waals surface area (Å²) in [6, 6.07) is 4.00. The van der Waals surface area contributed by atoms with E-state index in [9.17, 15) is 4.79 Å². The van der Waals surface area contributed by atoms with Crippen LogP contribution in [0.5, 0.6) is 0 Å². The van der Waals surface area contributed by atoms with Gasteiger partial charge in [0.2, 0.25) is 0 Å². The van der Waals surface area contributed by atoms with Crippen molar-refractivity contribution in [1.29, 1.82) is 0 Å². The Bertz CT molecular complexity index is 703. The van der Waals surface area contributed by atoms with Gasteiger partial charge in [-0.1, -0.05) is 11.6 Å². The zero-order valence-corrected chi connectivity index (χ0v) is 14.0. The Morgan fingerprint density at radius 3 is 2.77 bits per heavy atom. The lowest BCUT2D eigenvalue weighted by atomic mass is 10.2. The molecule has 1 fully saturated rings. The van der Waals surface area contributed by atoms with Crippen LogP contribution >= 0.6 is 11.6 Å². The van der Waals surface area contributed by atoms with Crippen LogP contribution in [0.2, 0.25) is 5.02 Å². The van der Waals surface area contributed by atoms with E-state index in [1.54, 1.807) is 16.8 Å². The molecule has 0 spiro atoms. The van der Waals surface area contributed by atoms with Crippen LogP contribution in [0.15, 0.2) is 18.3 Å². The van der Waals surface area contributed by atoms with Gasteiger partial charge in [0.25, 0.3) is 5.91 Å². The van der Waals surface area contributed by atoms with Gasteiger partial charge in [-0.25, -0.2) is 0 Å². The van der Waals surface area contributed by atoms with Crippen LogP contribution in [0.4, 0.5) is 0 Å². The van der Waals surface area contributed by atoms with Crippen molar-refractivity contribution < 1.29 is 4.79 Å². The van der Waals surface area contributed by atoms with Crippen molar-refractivity contribution in [1.82, 2.24) is 19.2 Å². The normalized spacial score (nSPS) is 18.2. The molecule has 1 aliphatic heterocycles. The molecular formula is C16H21ClN4O. The molecule has 0 N–H and O–H groups in total. The molecule has 2 aromatic rings. The number of carbonyl (C=O) groups excluding carboxylic acids is 1. The molecule has 2 aromatic heterocycles. The standard InChI is InChI=1S/C16H21ClN4O/c1-11-7-12(2)21(18-11)10-14-5-4-6-20(14)16(22)15-8-13(17)9-19(15)3/h7-9,14H,4-6,10H2,1-3H3/t14-/m0/s1.